The lowest BCUT2D eigenvalue weighted by atomic mass is 10.1. The van der Waals surface area contributed by atoms with Crippen molar-refractivity contribution in [1.82, 2.24) is 0 Å². The first-order valence-electron chi connectivity index (χ1n) is 8.11. The molecule has 2 aromatic carbocycles. The summed E-state index contributed by atoms with van der Waals surface area (Å²) in [7, 11) is 0. The van der Waals surface area contributed by atoms with E-state index in [2.05, 4.69) is 0 Å². The number of thiocarbonyl (C=S) groups is 1. The molecule has 0 spiro atoms. The number of benzene rings is 2. The molecule has 1 aromatic heterocycles. The Morgan fingerprint density at radius 1 is 1.18 bits per heavy atom. The number of amides is 1. The number of para-hydroxylation sites is 1. The standard InChI is InChI=1S/C20H11Cl2NO3S2/c1-10-4-2-3-5-15(10)23-19(25)16(28-20(23)27)6-11-9-26-18-13(17(11)24)7-12(21)8-14(18)22/h2-9H,1H3/b16-6-. The topological polar surface area (TPSA) is 50.5 Å². The summed E-state index contributed by atoms with van der Waals surface area (Å²) >= 11 is 18.6. The van der Waals surface area contributed by atoms with Gasteiger partial charge in [0.25, 0.3) is 5.91 Å². The number of carbonyl (C=O) groups is 1. The van der Waals surface area contributed by atoms with Gasteiger partial charge in [0.05, 0.1) is 26.6 Å². The molecule has 1 aliphatic heterocycles. The van der Waals surface area contributed by atoms with Crippen LogP contribution in [0.1, 0.15) is 11.1 Å². The third-order valence-electron chi connectivity index (χ3n) is 4.26. The van der Waals surface area contributed by atoms with Gasteiger partial charge in [-0.15, -0.1) is 0 Å². The molecule has 0 saturated carbocycles. The van der Waals surface area contributed by atoms with Gasteiger partial charge in [-0.3, -0.25) is 14.5 Å². The van der Waals surface area contributed by atoms with Gasteiger partial charge < -0.3 is 4.42 Å². The average Bonchev–Trinajstić information content (AvgIpc) is 2.92. The predicted octanol–water partition coefficient (Wildman–Crippen LogP) is 5.81. The Morgan fingerprint density at radius 3 is 2.68 bits per heavy atom. The summed E-state index contributed by atoms with van der Waals surface area (Å²) in [5.41, 5.74) is 1.79. The van der Waals surface area contributed by atoms with Crippen LogP contribution < -0.4 is 10.3 Å². The van der Waals surface area contributed by atoms with Crippen LogP contribution in [0.5, 0.6) is 0 Å². The zero-order valence-electron chi connectivity index (χ0n) is 14.4. The largest absolute Gasteiger partial charge is 0.462 e. The van der Waals surface area contributed by atoms with Gasteiger partial charge in [0.2, 0.25) is 0 Å². The number of halogens is 2. The van der Waals surface area contributed by atoms with Gasteiger partial charge in [-0.25, -0.2) is 0 Å². The summed E-state index contributed by atoms with van der Waals surface area (Å²) < 4.78 is 5.91. The highest BCUT2D eigenvalue weighted by atomic mass is 35.5. The van der Waals surface area contributed by atoms with Gasteiger partial charge >= 0.3 is 0 Å². The number of hydrogen-bond acceptors (Lipinski definition) is 5. The Labute approximate surface area is 179 Å². The monoisotopic (exact) mass is 447 g/mol. The molecular formula is C20H11Cl2NO3S2. The molecule has 1 aliphatic rings. The van der Waals surface area contributed by atoms with Crippen molar-refractivity contribution in [2.24, 2.45) is 0 Å². The Kier molecular flexibility index (Phi) is 5.05. The number of thioether (sulfide) groups is 1. The molecule has 4 rings (SSSR count). The van der Waals surface area contributed by atoms with Crippen LogP contribution in [0.25, 0.3) is 17.0 Å². The molecule has 4 nitrogen and oxygen atoms in total. The molecule has 0 bridgehead atoms. The lowest BCUT2D eigenvalue weighted by Crippen LogP contribution is -2.28. The Bertz CT molecular complexity index is 1250. The van der Waals surface area contributed by atoms with Crippen molar-refractivity contribution in [2.75, 3.05) is 4.90 Å². The van der Waals surface area contributed by atoms with E-state index < -0.39 is 0 Å². The lowest BCUT2D eigenvalue weighted by Gasteiger charge is -2.16. The summed E-state index contributed by atoms with van der Waals surface area (Å²) in [5, 5.41) is 0.825. The van der Waals surface area contributed by atoms with Crippen LogP contribution in [-0.2, 0) is 4.79 Å². The van der Waals surface area contributed by atoms with Crippen molar-refractivity contribution in [3.63, 3.8) is 0 Å². The van der Waals surface area contributed by atoms with Crippen molar-refractivity contribution in [2.45, 2.75) is 6.92 Å². The van der Waals surface area contributed by atoms with Crippen LogP contribution in [-0.4, -0.2) is 10.2 Å². The van der Waals surface area contributed by atoms with Crippen molar-refractivity contribution in [3.8, 4) is 0 Å². The Morgan fingerprint density at radius 2 is 1.93 bits per heavy atom. The zero-order chi connectivity index (χ0) is 20.0. The lowest BCUT2D eigenvalue weighted by molar-refractivity contribution is -0.113. The second-order valence-electron chi connectivity index (χ2n) is 6.09. The normalized spacial score (nSPS) is 15.8. The number of aryl methyl sites for hydroxylation is 1. The van der Waals surface area contributed by atoms with Gasteiger partial charge in [0.15, 0.2) is 15.3 Å². The second-order valence-corrected chi connectivity index (χ2v) is 8.61. The summed E-state index contributed by atoms with van der Waals surface area (Å²) in [6.07, 6.45) is 2.77. The third-order valence-corrected chi connectivity index (χ3v) is 6.06. The van der Waals surface area contributed by atoms with E-state index in [1.807, 2.05) is 31.2 Å². The van der Waals surface area contributed by atoms with Crippen LogP contribution >= 0.6 is 47.2 Å². The van der Waals surface area contributed by atoms with Crippen molar-refractivity contribution < 1.29 is 9.21 Å². The van der Waals surface area contributed by atoms with Crippen molar-refractivity contribution >= 4 is 80.1 Å². The van der Waals surface area contributed by atoms with Crippen LogP contribution in [0, 0.1) is 6.92 Å². The Balaban J connectivity index is 1.79. The fourth-order valence-electron chi connectivity index (χ4n) is 2.91. The maximum atomic E-state index is 12.9. The molecule has 0 N–H and O–H groups in total. The first-order chi connectivity index (χ1) is 13.4. The number of fused-ring (bicyclic) bond motifs is 1. The molecule has 3 aromatic rings. The number of nitrogens with zero attached hydrogens (tertiary/aromatic N) is 1. The molecule has 140 valence electrons. The molecule has 8 heteroatoms. The highest BCUT2D eigenvalue weighted by Gasteiger charge is 2.34. The molecule has 0 aliphatic carbocycles. The summed E-state index contributed by atoms with van der Waals surface area (Å²) in [4.78, 5) is 27.6. The maximum Gasteiger partial charge on any atom is 0.270 e. The highest BCUT2D eigenvalue weighted by molar-refractivity contribution is 8.27. The minimum Gasteiger partial charge on any atom is -0.462 e. The van der Waals surface area contributed by atoms with Crippen LogP contribution in [0.15, 0.2) is 56.8 Å². The quantitative estimate of drug-likeness (QED) is 0.366. The highest BCUT2D eigenvalue weighted by Crippen LogP contribution is 2.37. The van der Waals surface area contributed by atoms with Crippen LogP contribution in [0.4, 0.5) is 5.69 Å². The number of rotatable bonds is 2. The molecule has 1 fully saturated rings. The molecule has 28 heavy (non-hydrogen) atoms. The van der Waals surface area contributed by atoms with Crippen molar-refractivity contribution in [3.05, 3.63) is 79.0 Å². The second kappa shape index (κ2) is 7.37. The van der Waals surface area contributed by atoms with Gasteiger partial charge in [0.1, 0.15) is 6.26 Å². The van der Waals surface area contributed by atoms with Gasteiger partial charge in [-0.05, 0) is 36.8 Å². The number of hydrogen-bond donors (Lipinski definition) is 0. The molecule has 2 heterocycles. The number of carbonyl (C=O) groups excluding carboxylic acids is 1. The molecule has 1 amide bonds. The van der Waals surface area contributed by atoms with E-state index in [1.54, 1.807) is 0 Å². The first kappa shape index (κ1) is 19.2. The molecule has 0 atom stereocenters. The van der Waals surface area contributed by atoms with E-state index in [0.29, 0.717) is 14.2 Å². The van der Waals surface area contributed by atoms with Crippen LogP contribution in [0.3, 0.4) is 0 Å². The number of anilines is 1. The zero-order valence-corrected chi connectivity index (χ0v) is 17.5. The van der Waals surface area contributed by atoms with E-state index in [1.165, 1.54) is 29.4 Å². The fourth-order valence-corrected chi connectivity index (χ4v) is 4.72. The first-order valence-corrected chi connectivity index (χ1v) is 10.1. The van der Waals surface area contributed by atoms with Gasteiger partial charge in [0, 0.05) is 5.02 Å². The molecule has 1 saturated heterocycles. The summed E-state index contributed by atoms with van der Waals surface area (Å²) in [6, 6.07) is 10.5. The third kappa shape index (κ3) is 3.26. The minimum absolute atomic E-state index is 0.219. The van der Waals surface area contributed by atoms with E-state index in [4.69, 9.17) is 39.8 Å². The smallest absolute Gasteiger partial charge is 0.270 e. The maximum absolute atomic E-state index is 12.9. The van der Waals surface area contributed by atoms with Crippen molar-refractivity contribution in [1.29, 1.82) is 0 Å². The molecule has 0 unspecified atom stereocenters. The summed E-state index contributed by atoms with van der Waals surface area (Å²) in [5.74, 6) is -0.284. The van der Waals surface area contributed by atoms with E-state index in [-0.39, 0.29) is 32.9 Å². The van der Waals surface area contributed by atoms with Gasteiger partial charge in [-0.1, -0.05) is 65.4 Å². The van der Waals surface area contributed by atoms with E-state index >= 15 is 0 Å². The molecular weight excluding hydrogens is 437 g/mol. The van der Waals surface area contributed by atoms with E-state index in [0.717, 1.165) is 23.0 Å². The molecule has 0 radical (unpaired) electrons. The predicted molar refractivity (Wildman–Crippen MR) is 119 cm³/mol. The van der Waals surface area contributed by atoms with E-state index in [9.17, 15) is 9.59 Å². The Hall–Kier alpha value is -2.12. The SMILES string of the molecule is Cc1ccccc1N1C(=O)/C(=C/c2coc3c(Cl)cc(Cl)cc3c2=O)SC1=S. The van der Waals surface area contributed by atoms with Gasteiger partial charge in [-0.2, -0.15) is 0 Å². The average molecular weight is 448 g/mol. The fraction of sp³-hybridized carbons (Fsp3) is 0.0500. The summed E-state index contributed by atoms with van der Waals surface area (Å²) in [6.45, 7) is 1.91. The minimum atomic E-state index is -0.327. The van der Waals surface area contributed by atoms with Crippen LogP contribution in [0.2, 0.25) is 10.0 Å².